The van der Waals surface area contributed by atoms with Crippen molar-refractivity contribution in [2.24, 2.45) is 0 Å². The Morgan fingerprint density at radius 1 is 1.29 bits per heavy atom. The Morgan fingerprint density at radius 3 is 2.75 bits per heavy atom. The zero-order chi connectivity index (χ0) is 19.9. The van der Waals surface area contributed by atoms with Crippen molar-refractivity contribution in [1.82, 2.24) is 20.1 Å². The number of benzene rings is 1. The maximum Gasteiger partial charge on any atom is 0.230 e. The average molecular weight is 403 g/mol. The molecule has 1 saturated carbocycles. The van der Waals surface area contributed by atoms with Crippen LogP contribution in [0.2, 0.25) is 0 Å². The summed E-state index contributed by atoms with van der Waals surface area (Å²) in [6.45, 7) is 6.79. The fraction of sp³-hybridized carbons (Fsp3) is 0.571. The summed E-state index contributed by atoms with van der Waals surface area (Å²) in [6.07, 6.45) is 5.68. The van der Waals surface area contributed by atoms with Gasteiger partial charge in [0, 0.05) is 12.6 Å². The summed E-state index contributed by atoms with van der Waals surface area (Å²) >= 11 is 1.44. The second kappa shape index (κ2) is 9.96. The van der Waals surface area contributed by atoms with Gasteiger partial charge < -0.3 is 14.6 Å². The van der Waals surface area contributed by atoms with Crippen LogP contribution < -0.4 is 10.1 Å². The summed E-state index contributed by atoms with van der Waals surface area (Å²) in [6, 6.07) is 8.28. The highest BCUT2D eigenvalue weighted by Crippen LogP contribution is 2.26. The largest absolute Gasteiger partial charge is 0.482 e. The smallest absolute Gasteiger partial charge is 0.230 e. The molecular formula is C21H30N4O2S. The lowest BCUT2D eigenvalue weighted by Crippen LogP contribution is -2.37. The van der Waals surface area contributed by atoms with Gasteiger partial charge in [-0.3, -0.25) is 4.79 Å². The number of carbonyl (C=O) groups is 1. The van der Waals surface area contributed by atoms with E-state index in [1.54, 1.807) is 0 Å². The SMILES string of the molecule is CCn1c(SCC(=O)NC2CCCCC2)nnc1C(C)Oc1ccccc1C. The van der Waals surface area contributed by atoms with E-state index >= 15 is 0 Å². The maximum absolute atomic E-state index is 12.3. The molecule has 1 unspecified atom stereocenters. The number of hydrogen-bond acceptors (Lipinski definition) is 5. The van der Waals surface area contributed by atoms with E-state index < -0.39 is 0 Å². The molecule has 0 bridgehead atoms. The Balaban J connectivity index is 1.59. The highest BCUT2D eigenvalue weighted by Gasteiger charge is 2.21. The van der Waals surface area contributed by atoms with Crippen LogP contribution in [-0.4, -0.2) is 32.5 Å². The molecule has 1 aliphatic rings. The van der Waals surface area contributed by atoms with Crippen molar-refractivity contribution in [3.63, 3.8) is 0 Å². The molecule has 1 heterocycles. The molecule has 0 saturated heterocycles. The molecule has 6 nitrogen and oxygen atoms in total. The van der Waals surface area contributed by atoms with Crippen molar-refractivity contribution in [1.29, 1.82) is 0 Å². The van der Waals surface area contributed by atoms with Crippen molar-refractivity contribution in [3.8, 4) is 5.75 Å². The second-order valence-electron chi connectivity index (χ2n) is 7.30. The second-order valence-corrected chi connectivity index (χ2v) is 8.24. The third-order valence-electron chi connectivity index (χ3n) is 5.13. The number of thioether (sulfide) groups is 1. The number of amides is 1. The molecule has 0 spiro atoms. The zero-order valence-corrected chi connectivity index (χ0v) is 17.8. The molecule has 1 aliphatic carbocycles. The Kier molecular flexibility index (Phi) is 7.36. The van der Waals surface area contributed by atoms with E-state index in [9.17, 15) is 4.79 Å². The van der Waals surface area contributed by atoms with Gasteiger partial charge in [-0.25, -0.2) is 0 Å². The number of hydrogen-bond donors (Lipinski definition) is 1. The molecule has 0 aliphatic heterocycles. The fourth-order valence-corrected chi connectivity index (χ4v) is 4.40. The van der Waals surface area contributed by atoms with Crippen LogP contribution in [0, 0.1) is 6.92 Å². The Labute approximate surface area is 171 Å². The number of rotatable bonds is 8. The van der Waals surface area contributed by atoms with Crippen molar-refractivity contribution >= 4 is 17.7 Å². The van der Waals surface area contributed by atoms with E-state index in [1.165, 1.54) is 31.0 Å². The molecule has 1 aromatic heterocycles. The molecule has 1 aromatic carbocycles. The van der Waals surface area contributed by atoms with E-state index in [1.807, 2.05) is 42.7 Å². The van der Waals surface area contributed by atoms with Crippen LogP contribution >= 0.6 is 11.8 Å². The molecule has 1 N–H and O–H groups in total. The van der Waals surface area contributed by atoms with Crippen molar-refractivity contribution in [2.45, 2.75) is 76.7 Å². The predicted molar refractivity (Wildman–Crippen MR) is 112 cm³/mol. The van der Waals surface area contributed by atoms with Gasteiger partial charge in [-0.1, -0.05) is 49.2 Å². The summed E-state index contributed by atoms with van der Waals surface area (Å²) in [7, 11) is 0. The van der Waals surface area contributed by atoms with E-state index in [-0.39, 0.29) is 12.0 Å². The number of aromatic nitrogens is 3. The van der Waals surface area contributed by atoms with Crippen LogP contribution in [-0.2, 0) is 11.3 Å². The lowest BCUT2D eigenvalue weighted by molar-refractivity contribution is -0.119. The highest BCUT2D eigenvalue weighted by atomic mass is 32.2. The van der Waals surface area contributed by atoms with Gasteiger partial charge in [0.05, 0.1) is 5.75 Å². The van der Waals surface area contributed by atoms with E-state index in [0.717, 1.165) is 41.7 Å². The number of ether oxygens (including phenoxy) is 1. The van der Waals surface area contributed by atoms with Crippen LogP contribution in [0.3, 0.4) is 0 Å². The first-order chi connectivity index (χ1) is 13.6. The van der Waals surface area contributed by atoms with Crippen LogP contribution in [0.15, 0.2) is 29.4 Å². The van der Waals surface area contributed by atoms with Crippen molar-refractivity contribution < 1.29 is 9.53 Å². The van der Waals surface area contributed by atoms with Crippen LogP contribution in [0.1, 0.15) is 63.4 Å². The lowest BCUT2D eigenvalue weighted by atomic mass is 9.95. The summed E-state index contributed by atoms with van der Waals surface area (Å²) in [5.74, 6) is 2.07. The normalized spacial score (nSPS) is 16.0. The molecule has 152 valence electrons. The van der Waals surface area contributed by atoms with Crippen molar-refractivity contribution in [2.75, 3.05) is 5.75 Å². The first kappa shape index (κ1) is 20.7. The van der Waals surface area contributed by atoms with Crippen molar-refractivity contribution in [3.05, 3.63) is 35.7 Å². The molecule has 0 radical (unpaired) electrons. The maximum atomic E-state index is 12.3. The molecule has 28 heavy (non-hydrogen) atoms. The van der Waals surface area contributed by atoms with E-state index in [4.69, 9.17) is 4.74 Å². The molecule has 1 amide bonds. The zero-order valence-electron chi connectivity index (χ0n) is 17.0. The van der Waals surface area contributed by atoms with Gasteiger partial charge >= 0.3 is 0 Å². The molecule has 3 rings (SSSR count). The minimum Gasteiger partial charge on any atom is -0.482 e. The van der Waals surface area contributed by atoms with Gasteiger partial charge in [-0.2, -0.15) is 0 Å². The predicted octanol–water partition coefficient (Wildman–Crippen LogP) is 4.29. The minimum absolute atomic E-state index is 0.0771. The third kappa shape index (κ3) is 5.28. The Bertz CT molecular complexity index is 786. The molecule has 2 aromatic rings. The van der Waals surface area contributed by atoms with Gasteiger partial charge in [0.1, 0.15) is 5.75 Å². The Hall–Kier alpha value is -2.02. The molecule has 1 atom stereocenters. The average Bonchev–Trinajstić information content (AvgIpc) is 3.12. The Morgan fingerprint density at radius 2 is 2.04 bits per heavy atom. The number of aryl methyl sites for hydroxylation is 1. The summed E-state index contributed by atoms with van der Waals surface area (Å²) < 4.78 is 8.13. The topological polar surface area (TPSA) is 69.0 Å². The van der Waals surface area contributed by atoms with Crippen LogP contribution in [0.5, 0.6) is 5.75 Å². The summed E-state index contributed by atoms with van der Waals surface area (Å²) in [4.78, 5) is 12.3. The molecular weight excluding hydrogens is 372 g/mol. The standard InChI is InChI=1S/C21H30N4O2S/c1-4-25-20(16(3)27-18-13-9-8-10-15(18)2)23-24-21(25)28-14-19(26)22-17-11-6-5-7-12-17/h8-10,13,16-17H,4-7,11-12,14H2,1-3H3,(H,22,26). The quantitative estimate of drug-likeness (QED) is 0.667. The van der Waals surface area contributed by atoms with Gasteiger partial charge in [-0.15, -0.1) is 10.2 Å². The first-order valence-electron chi connectivity index (χ1n) is 10.2. The number of nitrogens with one attached hydrogen (secondary N) is 1. The monoisotopic (exact) mass is 402 g/mol. The summed E-state index contributed by atoms with van der Waals surface area (Å²) in [5, 5.41) is 12.6. The molecule has 1 fully saturated rings. The van der Waals surface area contributed by atoms with E-state index in [0.29, 0.717) is 11.8 Å². The van der Waals surface area contributed by atoms with Crippen LogP contribution in [0.25, 0.3) is 0 Å². The number of para-hydroxylation sites is 1. The number of nitrogens with zero attached hydrogens (tertiary/aromatic N) is 3. The third-order valence-corrected chi connectivity index (χ3v) is 6.09. The van der Waals surface area contributed by atoms with Gasteiger partial charge in [0.15, 0.2) is 17.1 Å². The summed E-state index contributed by atoms with van der Waals surface area (Å²) in [5.41, 5.74) is 1.09. The van der Waals surface area contributed by atoms with Gasteiger partial charge in [0.25, 0.3) is 0 Å². The highest BCUT2D eigenvalue weighted by molar-refractivity contribution is 7.99. The lowest BCUT2D eigenvalue weighted by Gasteiger charge is -2.22. The minimum atomic E-state index is -0.223. The van der Waals surface area contributed by atoms with Crippen LogP contribution in [0.4, 0.5) is 0 Å². The number of carbonyl (C=O) groups excluding carboxylic acids is 1. The fourth-order valence-electron chi connectivity index (χ4n) is 3.58. The first-order valence-corrected chi connectivity index (χ1v) is 11.1. The van der Waals surface area contributed by atoms with Gasteiger partial charge in [-0.05, 0) is 45.2 Å². The van der Waals surface area contributed by atoms with Gasteiger partial charge in [0.2, 0.25) is 5.91 Å². The van der Waals surface area contributed by atoms with E-state index in [2.05, 4.69) is 22.4 Å². The molecule has 7 heteroatoms.